The number of hydrogen-bond acceptors (Lipinski definition) is 3. The Bertz CT molecular complexity index is 1130. The molecule has 0 radical (unpaired) electrons. The SMILES string of the molecule is CCn1nc(C)c(CCN=C(NC(=O)c2ccc(Cl)cc2)Nc2cc(C)ccc2C)c1C. The van der Waals surface area contributed by atoms with Gasteiger partial charge < -0.3 is 5.32 Å². The van der Waals surface area contributed by atoms with Crippen LogP contribution in [-0.2, 0) is 13.0 Å². The van der Waals surface area contributed by atoms with Crippen LogP contribution in [0.15, 0.2) is 47.5 Å². The first-order valence-corrected chi connectivity index (χ1v) is 11.1. The van der Waals surface area contributed by atoms with Crippen molar-refractivity contribution in [1.82, 2.24) is 15.1 Å². The van der Waals surface area contributed by atoms with Gasteiger partial charge in [-0.15, -0.1) is 0 Å². The van der Waals surface area contributed by atoms with E-state index in [0.717, 1.165) is 41.2 Å². The van der Waals surface area contributed by atoms with Crippen molar-refractivity contribution in [3.8, 4) is 0 Å². The minimum atomic E-state index is -0.246. The third-order valence-corrected chi connectivity index (χ3v) is 5.70. The van der Waals surface area contributed by atoms with Crippen LogP contribution < -0.4 is 10.6 Å². The van der Waals surface area contributed by atoms with Gasteiger partial charge in [0, 0.05) is 35.1 Å². The Hall–Kier alpha value is -3.12. The van der Waals surface area contributed by atoms with Gasteiger partial charge in [0.2, 0.25) is 5.96 Å². The molecule has 32 heavy (non-hydrogen) atoms. The number of rotatable bonds is 6. The van der Waals surface area contributed by atoms with Crippen LogP contribution in [0, 0.1) is 27.7 Å². The topological polar surface area (TPSA) is 71.3 Å². The summed E-state index contributed by atoms with van der Waals surface area (Å²) in [7, 11) is 0. The molecule has 0 aliphatic carbocycles. The highest BCUT2D eigenvalue weighted by Gasteiger charge is 2.13. The Morgan fingerprint density at radius 1 is 1.09 bits per heavy atom. The van der Waals surface area contributed by atoms with Gasteiger partial charge in [0.05, 0.1) is 5.69 Å². The van der Waals surface area contributed by atoms with Crippen LogP contribution in [0.1, 0.15) is 45.4 Å². The van der Waals surface area contributed by atoms with Gasteiger partial charge in [-0.2, -0.15) is 5.10 Å². The van der Waals surface area contributed by atoms with E-state index in [1.54, 1.807) is 24.3 Å². The Labute approximate surface area is 194 Å². The molecule has 0 saturated heterocycles. The van der Waals surface area contributed by atoms with Crippen molar-refractivity contribution in [1.29, 1.82) is 0 Å². The number of guanidine groups is 1. The first kappa shape index (κ1) is 23.5. The summed E-state index contributed by atoms with van der Waals surface area (Å²) in [5.41, 5.74) is 7.00. The van der Waals surface area contributed by atoms with Gasteiger partial charge in [0.1, 0.15) is 0 Å². The molecule has 2 N–H and O–H groups in total. The highest BCUT2D eigenvalue weighted by molar-refractivity contribution is 6.30. The average molecular weight is 452 g/mol. The fourth-order valence-corrected chi connectivity index (χ4v) is 3.70. The molecule has 0 aliphatic heterocycles. The normalized spacial score (nSPS) is 11.5. The number of amides is 1. The van der Waals surface area contributed by atoms with Gasteiger partial charge in [-0.1, -0.05) is 23.7 Å². The number of hydrogen-bond donors (Lipinski definition) is 2. The highest BCUT2D eigenvalue weighted by Crippen LogP contribution is 2.17. The molecule has 1 aromatic heterocycles. The van der Waals surface area contributed by atoms with E-state index < -0.39 is 0 Å². The summed E-state index contributed by atoms with van der Waals surface area (Å²) in [4.78, 5) is 17.5. The fourth-order valence-electron chi connectivity index (χ4n) is 3.57. The van der Waals surface area contributed by atoms with Crippen LogP contribution in [0.25, 0.3) is 0 Å². The van der Waals surface area contributed by atoms with Crippen LogP contribution in [0.4, 0.5) is 5.69 Å². The predicted molar refractivity (Wildman–Crippen MR) is 132 cm³/mol. The Morgan fingerprint density at radius 3 is 2.47 bits per heavy atom. The standard InChI is InChI=1S/C25H30ClN5O/c1-6-31-19(5)22(18(4)30-31)13-14-27-25(28-23-15-16(2)7-8-17(23)3)29-24(32)20-9-11-21(26)12-10-20/h7-12,15H,6,13-14H2,1-5H3,(H2,27,28,29,32). The number of anilines is 1. The molecule has 1 amide bonds. The molecule has 168 valence electrons. The maximum Gasteiger partial charge on any atom is 0.257 e. The number of carbonyl (C=O) groups excluding carboxylic acids is 1. The van der Waals surface area contributed by atoms with Crippen LogP contribution >= 0.6 is 11.6 Å². The summed E-state index contributed by atoms with van der Waals surface area (Å²) in [5.74, 6) is 0.168. The molecule has 0 atom stereocenters. The molecule has 7 heteroatoms. The lowest BCUT2D eigenvalue weighted by Crippen LogP contribution is -2.36. The smallest absolute Gasteiger partial charge is 0.257 e. The number of benzene rings is 2. The summed E-state index contributed by atoms with van der Waals surface area (Å²) < 4.78 is 2.01. The lowest BCUT2D eigenvalue weighted by molar-refractivity contribution is 0.0977. The monoisotopic (exact) mass is 451 g/mol. The van der Waals surface area contributed by atoms with E-state index in [-0.39, 0.29) is 5.91 Å². The number of aliphatic imine (C=N–C) groups is 1. The Balaban J connectivity index is 1.82. The number of nitrogens with zero attached hydrogens (tertiary/aromatic N) is 3. The van der Waals surface area contributed by atoms with E-state index >= 15 is 0 Å². The van der Waals surface area contributed by atoms with Gasteiger partial charge >= 0.3 is 0 Å². The summed E-state index contributed by atoms with van der Waals surface area (Å²) in [6.45, 7) is 11.6. The van der Waals surface area contributed by atoms with Crippen molar-refractivity contribution in [2.24, 2.45) is 4.99 Å². The molecule has 0 spiro atoms. The van der Waals surface area contributed by atoms with Crippen molar-refractivity contribution in [2.45, 2.75) is 47.6 Å². The summed E-state index contributed by atoms with van der Waals surface area (Å²) in [5, 5.41) is 11.4. The molecule has 1 heterocycles. The third kappa shape index (κ3) is 5.77. The molecule has 0 aliphatic rings. The molecule has 0 saturated carbocycles. The van der Waals surface area contributed by atoms with Crippen molar-refractivity contribution in [3.05, 3.63) is 81.1 Å². The zero-order valence-corrected chi connectivity index (χ0v) is 20.0. The molecule has 0 bridgehead atoms. The Morgan fingerprint density at radius 2 is 1.81 bits per heavy atom. The lowest BCUT2D eigenvalue weighted by atomic mass is 10.1. The maximum atomic E-state index is 12.8. The number of halogens is 1. The van der Waals surface area contributed by atoms with Crippen LogP contribution in [0.3, 0.4) is 0 Å². The molecule has 2 aromatic carbocycles. The van der Waals surface area contributed by atoms with E-state index in [1.807, 2.05) is 37.6 Å². The molecule has 3 rings (SSSR count). The van der Waals surface area contributed by atoms with E-state index in [2.05, 4.69) is 35.6 Å². The van der Waals surface area contributed by atoms with Gasteiger partial charge in [0.15, 0.2) is 0 Å². The van der Waals surface area contributed by atoms with Gasteiger partial charge in [0.25, 0.3) is 5.91 Å². The first-order chi connectivity index (χ1) is 15.3. The summed E-state index contributed by atoms with van der Waals surface area (Å²) >= 11 is 5.95. The predicted octanol–water partition coefficient (Wildman–Crippen LogP) is 5.23. The molecular formula is C25H30ClN5O. The zero-order chi connectivity index (χ0) is 23.3. The largest absolute Gasteiger partial charge is 0.326 e. The molecule has 3 aromatic rings. The zero-order valence-electron chi connectivity index (χ0n) is 19.3. The number of aryl methyl sites for hydroxylation is 4. The van der Waals surface area contributed by atoms with Crippen molar-refractivity contribution >= 4 is 29.2 Å². The van der Waals surface area contributed by atoms with Gasteiger partial charge in [-0.3, -0.25) is 19.8 Å². The maximum absolute atomic E-state index is 12.8. The minimum absolute atomic E-state index is 0.246. The van der Waals surface area contributed by atoms with E-state index in [0.29, 0.717) is 23.1 Å². The third-order valence-electron chi connectivity index (χ3n) is 5.45. The number of aromatic nitrogens is 2. The van der Waals surface area contributed by atoms with E-state index in [9.17, 15) is 4.79 Å². The van der Waals surface area contributed by atoms with Crippen molar-refractivity contribution in [3.63, 3.8) is 0 Å². The number of nitrogens with one attached hydrogen (secondary N) is 2. The van der Waals surface area contributed by atoms with Gasteiger partial charge in [-0.25, -0.2) is 0 Å². The second kappa shape index (κ2) is 10.5. The number of carbonyl (C=O) groups is 1. The molecule has 0 fully saturated rings. The first-order valence-electron chi connectivity index (χ1n) is 10.8. The second-order valence-corrected chi connectivity index (χ2v) is 8.29. The molecule has 6 nitrogen and oxygen atoms in total. The summed E-state index contributed by atoms with van der Waals surface area (Å²) in [6.07, 6.45) is 0.743. The van der Waals surface area contributed by atoms with Crippen molar-refractivity contribution in [2.75, 3.05) is 11.9 Å². The van der Waals surface area contributed by atoms with Crippen molar-refractivity contribution < 1.29 is 4.79 Å². The van der Waals surface area contributed by atoms with Crippen LogP contribution in [-0.4, -0.2) is 28.2 Å². The fraction of sp³-hybridized carbons (Fsp3) is 0.320. The highest BCUT2D eigenvalue weighted by atomic mass is 35.5. The van der Waals surface area contributed by atoms with Crippen LogP contribution in [0.5, 0.6) is 0 Å². The molecule has 0 unspecified atom stereocenters. The average Bonchev–Trinajstić information content (AvgIpc) is 3.04. The molecular weight excluding hydrogens is 422 g/mol. The Kier molecular flexibility index (Phi) is 7.70. The van der Waals surface area contributed by atoms with E-state index in [1.165, 1.54) is 5.56 Å². The second-order valence-electron chi connectivity index (χ2n) is 7.85. The van der Waals surface area contributed by atoms with Gasteiger partial charge in [-0.05, 0) is 88.1 Å². The van der Waals surface area contributed by atoms with E-state index in [4.69, 9.17) is 16.6 Å². The lowest BCUT2D eigenvalue weighted by Gasteiger charge is -2.14. The minimum Gasteiger partial charge on any atom is -0.326 e. The summed E-state index contributed by atoms with van der Waals surface area (Å²) in [6, 6.07) is 12.9. The van der Waals surface area contributed by atoms with Crippen LogP contribution in [0.2, 0.25) is 5.02 Å². The quantitative estimate of drug-likeness (QED) is 0.398.